The highest BCUT2D eigenvalue weighted by molar-refractivity contribution is 7.88. The normalized spacial score (nSPS) is 15.9. The SMILES string of the molecule is C.CCS(=O)c1ncc(C(=O)c2cc(F)ccc2C)c(N)n1.CS(=O)(=O)N1CCC(N)CC1.Cc1ccc(F)cc1C(=O)c1cnc(NC2CCN(S(C)(=O)=O)CC2)nc1N. The zero-order valence-electron chi connectivity index (χ0n) is 33.9. The summed E-state index contributed by atoms with van der Waals surface area (Å²) in [7, 11) is -7.51. The van der Waals surface area contributed by atoms with E-state index in [0.717, 1.165) is 18.9 Å². The lowest BCUT2D eigenvalue weighted by molar-refractivity contribution is 0.103. The Bertz CT molecular complexity index is 2450. The van der Waals surface area contributed by atoms with Crippen LogP contribution in [0.1, 0.15) is 83.0 Å². The number of sulfonamides is 2. The average Bonchev–Trinajstić information content (AvgIpc) is 3.19. The van der Waals surface area contributed by atoms with Gasteiger partial charge in [0.2, 0.25) is 31.2 Å². The second kappa shape index (κ2) is 21.8. The second-order valence-electron chi connectivity index (χ2n) is 14.2. The lowest BCUT2D eigenvalue weighted by Gasteiger charge is -2.30. The third-order valence-electron chi connectivity index (χ3n) is 9.68. The number of nitrogen functional groups attached to an aromatic ring is 2. The number of aryl methyl sites for hydroxylation is 2. The summed E-state index contributed by atoms with van der Waals surface area (Å²) in [4.78, 5) is 41.1. The summed E-state index contributed by atoms with van der Waals surface area (Å²) in [6, 6.07) is 8.11. The van der Waals surface area contributed by atoms with Gasteiger partial charge in [-0.25, -0.2) is 49.2 Å². The molecule has 334 valence electrons. The van der Waals surface area contributed by atoms with Crippen LogP contribution >= 0.6 is 0 Å². The molecule has 2 fully saturated rings. The fourth-order valence-electron chi connectivity index (χ4n) is 6.12. The van der Waals surface area contributed by atoms with E-state index in [4.69, 9.17) is 17.2 Å². The van der Waals surface area contributed by atoms with Crippen molar-refractivity contribution in [3.63, 3.8) is 0 Å². The van der Waals surface area contributed by atoms with Crippen molar-refractivity contribution in [2.75, 3.05) is 61.2 Å². The molecule has 2 aliphatic rings. The molecule has 0 radical (unpaired) electrons. The van der Waals surface area contributed by atoms with Gasteiger partial charge in [-0.05, 0) is 74.9 Å². The van der Waals surface area contributed by atoms with E-state index in [0.29, 0.717) is 55.9 Å². The zero-order valence-corrected chi connectivity index (χ0v) is 36.3. The number of nitrogens with two attached hydrogens (primary N) is 3. The van der Waals surface area contributed by atoms with Crippen LogP contribution in [0.2, 0.25) is 0 Å². The Morgan fingerprint density at radius 1 is 0.754 bits per heavy atom. The summed E-state index contributed by atoms with van der Waals surface area (Å²) in [5.41, 5.74) is 19.1. The molecule has 0 amide bonds. The Morgan fingerprint density at radius 2 is 1.18 bits per heavy atom. The first-order chi connectivity index (χ1) is 28.1. The first kappa shape index (κ1) is 50.5. The van der Waals surface area contributed by atoms with E-state index in [1.807, 2.05) is 0 Å². The van der Waals surface area contributed by atoms with Crippen LogP contribution in [0.5, 0.6) is 0 Å². The van der Waals surface area contributed by atoms with Gasteiger partial charge in [-0.2, -0.15) is 4.98 Å². The summed E-state index contributed by atoms with van der Waals surface area (Å²) < 4.78 is 86.4. The molecular formula is C39H54F2N10O7S3. The van der Waals surface area contributed by atoms with Crippen LogP contribution in [0.15, 0.2) is 53.9 Å². The molecule has 17 nitrogen and oxygen atoms in total. The van der Waals surface area contributed by atoms with E-state index in [9.17, 15) is 39.4 Å². The van der Waals surface area contributed by atoms with Gasteiger partial charge < -0.3 is 22.5 Å². The van der Waals surface area contributed by atoms with Crippen LogP contribution < -0.4 is 22.5 Å². The maximum absolute atomic E-state index is 13.5. The van der Waals surface area contributed by atoms with Gasteiger partial charge in [-0.3, -0.25) is 13.8 Å². The second-order valence-corrected chi connectivity index (χ2v) is 19.8. The molecule has 22 heteroatoms. The van der Waals surface area contributed by atoms with Gasteiger partial charge >= 0.3 is 0 Å². The topological polar surface area (TPSA) is 268 Å². The standard InChI is InChI=1S/C18H22FN5O3S.C14H14FN3O2S.C6H14N2O2S.CH4/c1-11-3-4-12(19)9-14(11)16(25)15-10-21-18(23-17(15)20)22-13-5-7-24(8-6-13)28(2,26)27;1-3-21(20)14-17-7-11(13(16)18-14)12(19)10-6-9(15)5-4-8(10)2;1-11(9,10)8-4-2-6(7)3-5-8;/h3-4,9-10,13H,5-8H2,1-2H3,(H3,20,21,22,23);4-7H,3H2,1-2H3,(H2,16,17,18);6H,2-5,7H2,1H3;1H4. The molecule has 0 spiro atoms. The predicted octanol–water partition coefficient (Wildman–Crippen LogP) is 3.44. The molecule has 6 rings (SSSR count). The number of piperidine rings is 2. The molecule has 61 heavy (non-hydrogen) atoms. The number of hydrogen-bond acceptors (Lipinski definition) is 15. The van der Waals surface area contributed by atoms with Crippen LogP contribution in [0, 0.1) is 25.5 Å². The fraction of sp³-hybridized carbons (Fsp3) is 0.436. The Kier molecular flexibility index (Phi) is 18.0. The summed E-state index contributed by atoms with van der Waals surface area (Å²) in [6.45, 7) is 7.14. The quantitative estimate of drug-likeness (QED) is 0.131. The number of ketones is 2. The molecule has 2 aromatic heterocycles. The molecule has 1 atom stereocenters. The van der Waals surface area contributed by atoms with E-state index < -0.39 is 54.0 Å². The molecule has 4 heterocycles. The minimum Gasteiger partial charge on any atom is -0.383 e. The first-order valence-corrected chi connectivity index (χ1v) is 23.8. The minimum atomic E-state index is -3.19. The fourth-order valence-corrected chi connectivity index (χ4v) is 8.50. The van der Waals surface area contributed by atoms with Crippen molar-refractivity contribution in [1.82, 2.24) is 28.5 Å². The van der Waals surface area contributed by atoms with E-state index in [-0.39, 0.29) is 64.5 Å². The lowest BCUT2D eigenvalue weighted by Crippen LogP contribution is -2.42. The highest BCUT2D eigenvalue weighted by Gasteiger charge is 2.26. The van der Waals surface area contributed by atoms with Gasteiger partial charge in [0.1, 0.15) is 23.3 Å². The number of benzene rings is 2. The van der Waals surface area contributed by atoms with Crippen molar-refractivity contribution in [1.29, 1.82) is 0 Å². The Balaban J connectivity index is 0.000000264. The molecule has 2 aliphatic heterocycles. The third-order valence-corrected chi connectivity index (χ3v) is 13.4. The van der Waals surface area contributed by atoms with E-state index in [2.05, 4.69) is 25.3 Å². The highest BCUT2D eigenvalue weighted by Crippen LogP contribution is 2.22. The number of rotatable bonds is 10. The Morgan fingerprint density at radius 3 is 1.59 bits per heavy atom. The van der Waals surface area contributed by atoms with Crippen LogP contribution in [0.3, 0.4) is 0 Å². The van der Waals surface area contributed by atoms with Crippen molar-refractivity contribution in [2.45, 2.75) is 71.1 Å². The number of carbonyl (C=O) groups is 2. The summed E-state index contributed by atoms with van der Waals surface area (Å²) in [6.07, 6.45) is 7.78. The van der Waals surface area contributed by atoms with Gasteiger partial charge in [0.05, 0.1) is 34.4 Å². The Hall–Kier alpha value is -4.87. The average molecular weight is 909 g/mol. The zero-order chi connectivity index (χ0) is 44.5. The molecule has 1 unspecified atom stereocenters. The van der Waals surface area contributed by atoms with Crippen LogP contribution in [0.25, 0.3) is 0 Å². The lowest BCUT2D eigenvalue weighted by atomic mass is 10.0. The summed E-state index contributed by atoms with van der Waals surface area (Å²) >= 11 is 0. The van der Waals surface area contributed by atoms with E-state index in [1.54, 1.807) is 20.8 Å². The largest absolute Gasteiger partial charge is 0.383 e. The monoisotopic (exact) mass is 908 g/mol. The molecule has 4 aromatic rings. The molecular weight excluding hydrogens is 855 g/mol. The van der Waals surface area contributed by atoms with E-state index in [1.165, 1.54) is 63.8 Å². The Labute approximate surface area is 358 Å². The third kappa shape index (κ3) is 14.1. The van der Waals surface area contributed by atoms with E-state index >= 15 is 0 Å². The molecule has 7 N–H and O–H groups in total. The molecule has 0 saturated carbocycles. The minimum absolute atomic E-state index is 0. The molecule has 0 aliphatic carbocycles. The number of halogens is 2. The van der Waals surface area contributed by atoms with Crippen LogP contribution in [-0.2, 0) is 30.8 Å². The molecule has 2 aromatic carbocycles. The highest BCUT2D eigenvalue weighted by atomic mass is 32.2. The van der Waals surface area contributed by atoms with Crippen molar-refractivity contribution in [2.24, 2.45) is 5.73 Å². The number of aromatic nitrogens is 4. The summed E-state index contributed by atoms with van der Waals surface area (Å²) in [5, 5.41) is 3.21. The van der Waals surface area contributed by atoms with Crippen molar-refractivity contribution in [3.05, 3.63) is 93.8 Å². The van der Waals surface area contributed by atoms with Crippen molar-refractivity contribution in [3.8, 4) is 0 Å². The maximum Gasteiger partial charge on any atom is 0.224 e. The maximum atomic E-state index is 13.5. The summed E-state index contributed by atoms with van der Waals surface area (Å²) in [5.74, 6) is -1.35. The first-order valence-electron chi connectivity index (χ1n) is 18.8. The van der Waals surface area contributed by atoms with Gasteiger partial charge in [0, 0.05) is 67.5 Å². The smallest absolute Gasteiger partial charge is 0.224 e. The van der Waals surface area contributed by atoms with Crippen molar-refractivity contribution < 1.29 is 39.4 Å². The van der Waals surface area contributed by atoms with Gasteiger partial charge in [-0.15, -0.1) is 0 Å². The van der Waals surface area contributed by atoms with Crippen LogP contribution in [-0.4, -0.2) is 118 Å². The number of anilines is 3. The van der Waals surface area contributed by atoms with Gasteiger partial charge in [0.15, 0.2) is 11.6 Å². The van der Waals surface area contributed by atoms with Crippen LogP contribution in [0.4, 0.5) is 26.4 Å². The number of hydrogen-bond donors (Lipinski definition) is 4. The van der Waals surface area contributed by atoms with Crippen molar-refractivity contribution >= 4 is 60.0 Å². The van der Waals surface area contributed by atoms with Gasteiger partial charge in [0.25, 0.3) is 0 Å². The molecule has 2 saturated heterocycles. The van der Waals surface area contributed by atoms with Gasteiger partial charge in [-0.1, -0.05) is 26.5 Å². The number of nitrogens with one attached hydrogen (secondary N) is 1. The number of carbonyl (C=O) groups excluding carboxylic acids is 2. The predicted molar refractivity (Wildman–Crippen MR) is 232 cm³/mol. The molecule has 0 bridgehead atoms. The number of nitrogens with zero attached hydrogens (tertiary/aromatic N) is 6.